The second-order valence-electron chi connectivity index (χ2n) is 5.27. The van der Waals surface area contributed by atoms with Crippen LogP contribution in [-0.2, 0) is 19.4 Å². The predicted octanol–water partition coefficient (Wildman–Crippen LogP) is 3.60. The fourth-order valence-corrected chi connectivity index (χ4v) is 3.17. The number of hydrogen-bond donors (Lipinski definition) is 2. The van der Waals surface area contributed by atoms with Gasteiger partial charge in [0.1, 0.15) is 5.75 Å². The molecule has 2 N–H and O–H groups in total. The monoisotopic (exact) mass is 266 g/mol. The molecule has 0 aromatic heterocycles. The van der Waals surface area contributed by atoms with Crippen LogP contribution in [0.1, 0.15) is 27.8 Å². The Kier molecular flexibility index (Phi) is 3.11. The first-order valence-electron chi connectivity index (χ1n) is 6.87. The maximum absolute atomic E-state index is 9.89. The van der Waals surface area contributed by atoms with Gasteiger partial charge in [-0.25, -0.2) is 0 Å². The van der Waals surface area contributed by atoms with Crippen LogP contribution in [0.5, 0.6) is 5.75 Å². The molecule has 2 heteroatoms. The molecule has 0 unspecified atom stereocenters. The summed E-state index contributed by atoms with van der Waals surface area (Å²) in [4.78, 5) is 0. The predicted molar refractivity (Wildman–Crippen MR) is 81.7 cm³/mol. The van der Waals surface area contributed by atoms with E-state index in [1.165, 1.54) is 11.1 Å². The number of rotatable bonds is 2. The van der Waals surface area contributed by atoms with Gasteiger partial charge in [0.25, 0.3) is 0 Å². The van der Waals surface area contributed by atoms with Crippen molar-refractivity contribution >= 4 is 6.08 Å². The molecule has 0 radical (unpaired) electrons. The van der Waals surface area contributed by atoms with Crippen molar-refractivity contribution in [1.29, 1.82) is 0 Å². The Balaban J connectivity index is 2.35. The van der Waals surface area contributed by atoms with Crippen LogP contribution in [-0.4, -0.2) is 10.2 Å². The zero-order valence-electron chi connectivity index (χ0n) is 11.6. The molecular weight excluding hydrogens is 248 g/mol. The summed E-state index contributed by atoms with van der Waals surface area (Å²) >= 11 is 0. The van der Waals surface area contributed by atoms with E-state index in [2.05, 4.69) is 12.6 Å². The molecule has 1 aliphatic carbocycles. The molecule has 0 bridgehead atoms. The molecule has 0 spiro atoms. The molecule has 0 fully saturated rings. The molecule has 20 heavy (non-hydrogen) atoms. The van der Waals surface area contributed by atoms with E-state index in [4.69, 9.17) is 0 Å². The van der Waals surface area contributed by atoms with Crippen molar-refractivity contribution in [2.75, 3.05) is 0 Å². The summed E-state index contributed by atoms with van der Waals surface area (Å²) in [6.07, 6.45) is 3.72. The van der Waals surface area contributed by atoms with Crippen LogP contribution >= 0.6 is 0 Å². The maximum Gasteiger partial charge on any atom is 0.118 e. The van der Waals surface area contributed by atoms with Crippen molar-refractivity contribution in [1.82, 2.24) is 0 Å². The Hall–Kier alpha value is -2.06. The third-order valence-electron chi connectivity index (χ3n) is 4.28. The number of aryl methyl sites for hydroxylation is 1. The Morgan fingerprint density at radius 3 is 2.70 bits per heavy atom. The van der Waals surface area contributed by atoms with Crippen LogP contribution in [0, 0.1) is 6.92 Å². The van der Waals surface area contributed by atoms with Gasteiger partial charge in [-0.1, -0.05) is 30.9 Å². The Bertz CT molecular complexity index is 699. The van der Waals surface area contributed by atoms with E-state index in [0.717, 1.165) is 40.7 Å². The van der Waals surface area contributed by atoms with E-state index in [0.29, 0.717) is 5.75 Å². The lowest BCUT2D eigenvalue weighted by Crippen LogP contribution is -2.08. The van der Waals surface area contributed by atoms with Gasteiger partial charge in [-0.3, -0.25) is 0 Å². The van der Waals surface area contributed by atoms with Gasteiger partial charge in [0.05, 0.1) is 6.61 Å². The second-order valence-corrected chi connectivity index (χ2v) is 5.27. The summed E-state index contributed by atoms with van der Waals surface area (Å²) in [5.74, 6) is 0.352. The van der Waals surface area contributed by atoms with Crippen LogP contribution in [0.25, 0.3) is 17.2 Å². The number of phenolic OH excluding ortho intramolecular Hbond substituents is 1. The minimum absolute atomic E-state index is 0.0149. The number of benzene rings is 2. The largest absolute Gasteiger partial charge is 0.508 e. The lowest BCUT2D eigenvalue weighted by molar-refractivity contribution is 0.281. The van der Waals surface area contributed by atoms with Gasteiger partial charge >= 0.3 is 0 Å². The summed E-state index contributed by atoms with van der Waals surface area (Å²) in [7, 11) is 0. The van der Waals surface area contributed by atoms with E-state index in [1.54, 1.807) is 6.07 Å². The summed E-state index contributed by atoms with van der Waals surface area (Å²) < 4.78 is 0. The number of phenols is 1. The Morgan fingerprint density at radius 1 is 1.20 bits per heavy atom. The number of fused-ring (bicyclic) bond motifs is 3. The van der Waals surface area contributed by atoms with Crippen LogP contribution in [0.3, 0.4) is 0 Å². The molecule has 102 valence electrons. The van der Waals surface area contributed by atoms with Gasteiger partial charge in [0, 0.05) is 0 Å². The van der Waals surface area contributed by atoms with Gasteiger partial charge < -0.3 is 10.2 Å². The molecular formula is C18H18O2. The van der Waals surface area contributed by atoms with Gasteiger partial charge in [-0.2, -0.15) is 0 Å². The van der Waals surface area contributed by atoms with Crippen molar-refractivity contribution in [3.8, 4) is 16.9 Å². The Labute approximate surface area is 119 Å². The highest BCUT2D eigenvalue weighted by Gasteiger charge is 2.22. The molecule has 0 atom stereocenters. The first-order valence-corrected chi connectivity index (χ1v) is 6.87. The van der Waals surface area contributed by atoms with Gasteiger partial charge in [0.15, 0.2) is 0 Å². The minimum Gasteiger partial charge on any atom is -0.508 e. The molecule has 0 heterocycles. The van der Waals surface area contributed by atoms with Crippen LogP contribution < -0.4 is 0 Å². The molecule has 0 saturated carbocycles. The number of aliphatic hydroxyl groups is 1. The van der Waals surface area contributed by atoms with Gasteiger partial charge in [-0.05, 0) is 64.8 Å². The van der Waals surface area contributed by atoms with Gasteiger partial charge in [0.2, 0.25) is 0 Å². The molecule has 0 amide bonds. The second kappa shape index (κ2) is 4.80. The minimum atomic E-state index is 0.0149. The number of hydrogen-bond acceptors (Lipinski definition) is 2. The first-order chi connectivity index (χ1) is 9.67. The van der Waals surface area contributed by atoms with Crippen molar-refractivity contribution < 1.29 is 10.2 Å². The van der Waals surface area contributed by atoms with Crippen LogP contribution in [0.4, 0.5) is 0 Å². The summed E-state index contributed by atoms with van der Waals surface area (Å²) in [5, 5.41) is 19.4. The van der Waals surface area contributed by atoms with Crippen LogP contribution in [0.15, 0.2) is 30.8 Å². The smallest absolute Gasteiger partial charge is 0.118 e. The van der Waals surface area contributed by atoms with Crippen molar-refractivity contribution in [3.05, 3.63) is 58.7 Å². The Morgan fingerprint density at radius 2 is 2.00 bits per heavy atom. The molecule has 2 aromatic carbocycles. The zero-order chi connectivity index (χ0) is 14.3. The fraction of sp³-hybridized carbons (Fsp3) is 0.222. The van der Waals surface area contributed by atoms with Crippen molar-refractivity contribution in [3.63, 3.8) is 0 Å². The lowest BCUT2D eigenvalue weighted by Gasteiger charge is -2.25. The topological polar surface area (TPSA) is 40.5 Å². The molecule has 0 aliphatic heterocycles. The van der Waals surface area contributed by atoms with Crippen molar-refractivity contribution in [2.24, 2.45) is 0 Å². The number of aliphatic hydroxyl groups excluding tert-OH is 1. The SMILES string of the molecule is C=Cc1c(CO)ccc2c1-c1ccc(O)c(C)c1CC2. The quantitative estimate of drug-likeness (QED) is 0.872. The number of aromatic hydroxyl groups is 1. The zero-order valence-corrected chi connectivity index (χ0v) is 11.6. The fourth-order valence-electron chi connectivity index (χ4n) is 3.17. The highest BCUT2D eigenvalue weighted by molar-refractivity contribution is 5.84. The maximum atomic E-state index is 9.89. The van der Waals surface area contributed by atoms with E-state index >= 15 is 0 Å². The normalized spacial score (nSPS) is 12.7. The lowest BCUT2D eigenvalue weighted by atomic mass is 9.80. The average molecular weight is 266 g/mol. The summed E-state index contributed by atoms with van der Waals surface area (Å²) in [5.41, 5.74) is 7.68. The standard InChI is InChI=1S/C18H18O2/c1-3-14-13(10-19)5-4-12-6-7-15-11(2)17(20)9-8-16(15)18(12)14/h3-5,8-9,19-20H,1,6-7,10H2,2H3. The molecule has 0 saturated heterocycles. The summed E-state index contributed by atoms with van der Waals surface area (Å²) in [6.45, 7) is 5.88. The van der Waals surface area contributed by atoms with Crippen LogP contribution in [0.2, 0.25) is 0 Å². The van der Waals surface area contributed by atoms with Crippen molar-refractivity contribution in [2.45, 2.75) is 26.4 Å². The average Bonchev–Trinajstić information content (AvgIpc) is 2.49. The molecule has 2 nitrogen and oxygen atoms in total. The van der Waals surface area contributed by atoms with E-state index in [1.807, 2.05) is 25.1 Å². The van der Waals surface area contributed by atoms with E-state index in [-0.39, 0.29) is 6.61 Å². The van der Waals surface area contributed by atoms with Gasteiger partial charge in [-0.15, -0.1) is 0 Å². The highest BCUT2D eigenvalue weighted by Crippen LogP contribution is 2.41. The molecule has 2 aromatic rings. The molecule has 3 rings (SSSR count). The van der Waals surface area contributed by atoms with E-state index < -0.39 is 0 Å². The third-order valence-corrected chi connectivity index (χ3v) is 4.28. The third kappa shape index (κ3) is 1.76. The summed E-state index contributed by atoms with van der Waals surface area (Å²) in [6, 6.07) is 7.80. The van der Waals surface area contributed by atoms with E-state index in [9.17, 15) is 10.2 Å². The highest BCUT2D eigenvalue weighted by atomic mass is 16.3. The molecule has 1 aliphatic rings. The first kappa shape index (κ1) is 12.9.